The molecule has 0 radical (unpaired) electrons. The van der Waals surface area contributed by atoms with Crippen molar-refractivity contribution >= 4 is 23.0 Å². The number of carbonyl (C=O) groups excluding carboxylic acids is 1. The molecular formula is C22H21N3O2. The van der Waals surface area contributed by atoms with Crippen LogP contribution in [0.25, 0.3) is 10.9 Å². The Kier molecular flexibility index (Phi) is 5.91. The standard InChI is InChI=1S/C22H21N3O2/c1-3-13-25-16-18(20-7-5-6-8-21(20)25)15-23-24-22(26)14-17-9-11-19(12-10-17)27-4-2/h1,5-12,15-16H,4,13-14H2,2H3,(H,24,26)/b23-15-. The van der Waals surface area contributed by atoms with Gasteiger partial charge in [0.15, 0.2) is 0 Å². The van der Waals surface area contributed by atoms with Gasteiger partial charge in [-0.3, -0.25) is 4.79 Å². The Bertz CT molecular complexity index is 995. The molecule has 0 unspecified atom stereocenters. The van der Waals surface area contributed by atoms with E-state index in [0.29, 0.717) is 13.2 Å². The quantitative estimate of drug-likeness (QED) is 0.399. The highest BCUT2D eigenvalue weighted by Gasteiger charge is 2.06. The highest BCUT2D eigenvalue weighted by Crippen LogP contribution is 2.19. The predicted molar refractivity (Wildman–Crippen MR) is 108 cm³/mol. The molecule has 0 aliphatic rings. The summed E-state index contributed by atoms with van der Waals surface area (Å²) in [6, 6.07) is 15.4. The number of aromatic nitrogens is 1. The Labute approximate surface area is 158 Å². The fraction of sp³-hybridized carbons (Fsp3) is 0.182. The van der Waals surface area contributed by atoms with E-state index in [1.807, 2.05) is 66.2 Å². The number of hydrazone groups is 1. The molecule has 0 saturated carbocycles. The number of benzene rings is 2. The van der Waals surface area contributed by atoms with Gasteiger partial charge < -0.3 is 9.30 Å². The molecule has 27 heavy (non-hydrogen) atoms. The summed E-state index contributed by atoms with van der Waals surface area (Å²) >= 11 is 0. The topological polar surface area (TPSA) is 55.6 Å². The molecule has 3 rings (SSSR count). The fourth-order valence-electron chi connectivity index (χ4n) is 2.88. The van der Waals surface area contributed by atoms with E-state index in [-0.39, 0.29) is 12.3 Å². The minimum absolute atomic E-state index is 0.178. The average molecular weight is 359 g/mol. The summed E-state index contributed by atoms with van der Waals surface area (Å²) in [5.74, 6) is 3.26. The number of ether oxygens (including phenoxy) is 1. The fourth-order valence-corrected chi connectivity index (χ4v) is 2.88. The molecular weight excluding hydrogens is 338 g/mol. The third-order valence-electron chi connectivity index (χ3n) is 4.07. The highest BCUT2D eigenvalue weighted by molar-refractivity contribution is 5.99. The van der Waals surface area contributed by atoms with Crippen LogP contribution < -0.4 is 10.2 Å². The maximum atomic E-state index is 12.1. The van der Waals surface area contributed by atoms with Crippen molar-refractivity contribution in [2.45, 2.75) is 19.9 Å². The maximum Gasteiger partial charge on any atom is 0.244 e. The highest BCUT2D eigenvalue weighted by atomic mass is 16.5. The number of nitrogens with one attached hydrogen (secondary N) is 1. The van der Waals surface area contributed by atoms with Gasteiger partial charge in [0.05, 0.1) is 25.8 Å². The Morgan fingerprint density at radius 1 is 1.26 bits per heavy atom. The van der Waals surface area contributed by atoms with Crippen LogP contribution >= 0.6 is 0 Å². The monoisotopic (exact) mass is 359 g/mol. The first-order valence-electron chi connectivity index (χ1n) is 8.76. The van der Waals surface area contributed by atoms with Crippen molar-refractivity contribution in [3.63, 3.8) is 0 Å². The van der Waals surface area contributed by atoms with Crippen molar-refractivity contribution in [3.05, 3.63) is 65.9 Å². The first-order chi connectivity index (χ1) is 13.2. The second-order valence-corrected chi connectivity index (χ2v) is 5.98. The van der Waals surface area contributed by atoms with E-state index < -0.39 is 0 Å². The van der Waals surface area contributed by atoms with Gasteiger partial charge in [-0.15, -0.1) is 6.42 Å². The smallest absolute Gasteiger partial charge is 0.244 e. The summed E-state index contributed by atoms with van der Waals surface area (Å²) < 4.78 is 7.38. The number of amides is 1. The molecule has 5 heteroatoms. The van der Waals surface area contributed by atoms with Gasteiger partial charge in [-0.05, 0) is 30.7 Å². The van der Waals surface area contributed by atoms with Gasteiger partial charge in [0, 0.05) is 22.7 Å². The number of rotatable bonds is 7. The molecule has 1 amide bonds. The lowest BCUT2D eigenvalue weighted by molar-refractivity contribution is -0.120. The van der Waals surface area contributed by atoms with Crippen LogP contribution in [-0.4, -0.2) is 23.3 Å². The molecule has 0 bridgehead atoms. The molecule has 1 heterocycles. The molecule has 0 aliphatic heterocycles. The van der Waals surface area contributed by atoms with Crippen molar-refractivity contribution in [2.24, 2.45) is 5.10 Å². The Balaban J connectivity index is 1.64. The van der Waals surface area contributed by atoms with E-state index in [4.69, 9.17) is 11.2 Å². The number of para-hydroxylation sites is 1. The number of hydrogen-bond donors (Lipinski definition) is 1. The number of hydrogen-bond acceptors (Lipinski definition) is 3. The van der Waals surface area contributed by atoms with E-state index >= 15 is 0 Å². The van der Waals surface area contributed by atoms with Crippen LogP contribution in [0, 0.1) is 12.3 Å². The second-order valence-electron chi connectivity index (χ2n) is 5.98. The van der Waals surface area contributed by atoms with E-state index in [9.17, 15) is 4.79 Å². The molecule has 3 aromatic rings. The summed E-state index contributed by atoms with van der Waals surface area (Å²) in [5, 5.41) is 5.13. The van der Waals surface area contributed by atoms with Crippen LogP contribution in [0.2, 0.25) is 0 Å². The second kappa shape index (κ2) is 8.72. The molecule has 1 aromatic heterocycles. The Hall–Kier alpha value is -3.52. The van der Waals surface area contributed by atoms with E-state index in [2.05, 4.69) is 16.4 Å². The minimum Gasteiger partial charge on any atom is -0.494 e. The maximum absolute atomic E-state index is 12.1. The lowest BCUT2D eigenvalue weighted by Crippen LogP contribution is -2.19. The normalized spacial score (nSPS) is 10.8. The van der Waals surface area contributed by atoms with Gasteiger partial charge in [0.2, 0.25) is 5.91 Å². The Morgan fingerprint density at radius 3 is 2.78 bits per heavy atom. The first-order valence-corrected chi connectivity index (χ1v) is 8.76. The van der Waals surface area contributed by atoms with E-state index in [1.165, 1.54) is 0 Å². The van der Waals surface area contributed by atoms with Gasteiger partial charge in [0.25, 0.3) is 0 Å². The van der Waals surface area contributed by atoms with E-state index in [0.717, 1.165) is 27.8 Å². The third kappa shape index (κ3) is 4.56. The van der Waals surface area contributed by atoms with Crippen molar-refractivity contribution < 1.29 is 9.53 Å². The molecule has 136 valence electrons. The van der Waals surface area contributed by atoms with Gasteiger partial charge in [-0.25, -0.2) is 5.43 Å². The number of carbonyl (C=O) groups is 1. The lowest BCUT2D eigenvalue weighted by Gasteiger charge is -2.04. The van der Waals surface area contributed by atoms with Gasteiger partial charge in [-0.1, -0.05) is 36.3 Å². The third-order valence-corrected chi connectivity index (χ3v) is 4.07. The average Bonchev–Trinajstić information content (AvgIpc) is 3.02. The van der Waals surface area contributed by atoms with Crippen LogP contribution in [0.3, 0.4) is 0 Å². The van der Waals surface area contributed by atoms with E-state index in [1.54, 1.807) is 6.21 Å². The molecule has 1 N–H and O–H groups in total. The van der Waals surface area contributed by atoms with Crippen LogP contribution in [0.5, 0.6) is 5.75 Å². The van der Waals surface area contributed by atoms with Crippen molar-refractivity contribution in [3.8, 4) is 18.1 Å². The zero-order valence-electron chi connectivity index (χ0n) is 15.2. The summed E-state index contributed by atoms with van der Waals surface area (Å²) in [4.78, 5) is 12.1. The van der Waals surface area contributed by atoms with Crippen LogP contribution in [0.1, 0.15) is 18.1 Å². The molecule has 0 spiro atoms. The summed E-state index contributed by atoms with van der Waals surface area (Å²) in [5.41, 5.74) is 5.42. The van der Waals surface area contributed by atoms with Crippen molar-refractivity contribution in [2.75, 3.05) is 6.61 Å². The summed E-state index contributed by atoms with van der Waals surface area (Å²) in [6.07, 6.45) is 9.26. The Morgan fingerprint density at radius 2 is 2.04 bits per heavy atom. The predicted octanol–water partition coefficient (Wildman–Crippen LogP) is 3.37. The zero-order valence-corrected chi connectivity index (χ0v) is 15.2. The number of nitrogens with zero attached hydrogens (tertiary/aromatic N) is 2. The van der Waals surface area contributed by atoms with Crippen molar-refractivity contribution in [1.82, 2.24) is 9.99 Å². The van der Waals surface area contributed by atoms with Crippen LogP contribution in [0.15, 0.2) is 59.8 Å². The molecule has 0 saturated heterocycles. The lowest BCUT2D eigenvalue weighted by atomic mass is 10.1. The van der Waals surface area contributed by atoms with Crippen LogP contribution in [-0.2, 0) is 17.8 Å². The largest absolute Gasteiger partial charge is 0.494 e. The van der Waals surface area contributed by atoms with Gasteiger partial charge >= 0.3 is 0 Å². The van der Waals surface area contributed by atoms with Crippen molar-refractivity contribution in [1.29, 1.82) is 0 Å². The SMILES string of the molecule is C#CCn1cc(/C=N\NC(=O)Cc2ccc(OCC)cc2)c2ccccc21. The number of terminal acetylenes is 1. The molecule has 0 atom stereocenters. The summed E-state index contributed by atoms with van der Waals surface area (Å²) in [7, 11) is 0. The first kappa shape index (κ1) is 18.3. The van der Waals surface area contributed by atoms with Gasteiger partial charge in [0.1, 0.15) is 5.75 Å². The molecule has 0 aliphatic carbocycles. The molecule has 5 nitrogen and oxygen atoms in total. The zero-order chi connectivity index (χ0) is 19.1. The minimum atomic E-state index is -0.178. The summed E-state index contributed by atoms with van der Waals surface area (Å²) in [6.45, 7) is 3.04. The molecule has 0 fully saturated rings. The molecule has 2 aromatic carbocycles. The van der Waals surface area contributed by atoms with Crippen LogP contribution in [0.4, 0.5) is 0 Å². The van der Waals surface area contributed by atoms with Gasteiger partial charge in [-0.2, -0.15) is 5.10 Å². The number of fused-ring (bicyclic) bond motifs is 1.